The molecule has 31 heavy (non-hydrogen) atoms. The van der Waals surface area contributed by atoms with Gasteiger partial charge in [-0.3, -0.25) is 14.9 Å². The monoisotopic (exact) mass is 420 g/mol. The first kappa shape index (κ1) is 21.6. The van der Waals surface area contributed by atoms with Crippen molar-refractivity contribution >= 4 is 0 Å². The quantitative estimate of drug-likeness (QED) is 0.584. The minimum absolute atomic E-state index is 0.206. The maximum atomic E-state index is 9.67. The summed E-state index contributed by atoms with van der Waals surface area (Å²) in [5.74, 6) is 0.926. The lowest BCUT2D eigenvalue weighted by atomic mass is 10.0. The van der Waals surface area contributed by atoms with Crippen molar-refractivity contribution in [2.24, 2.45) is 0 Å². The predicted molar refractivity (Wildman–Crippen MR) is 123 cm³/mol. The second kappa shape index (κ2) is 10.1. The molecule has 0 amide bonds. The molecular formula is C25H32N4O2. The molecule has 1 saturated heterocycles. The van der Waals surface area contributed by atoms with Crippen LogP contribution in [0.5, 0.6) is 5.75 Å². The highest BCUT2D eigenvalue weighted by atomic mass is 16.5. The van der Waals surface area contributed by atoms with Crippen LogP contribution in [0.1, 0.15) is 23.1 Å². The van der Waals surface area contributed by atoms with Gasteiger partial charge in [-0.2, -0.15) is 5.10 Å². The summed E-state index contributed by atoms with van der Waals surface area (Å²) in [4.78, 5) is 4.98. The third-order valence-electron chi connectivity index (χ3n) is 6.17. The van der Waals surface area contributed by atoms with E-state index < -0.39 is 0 Å². The summed E-state index contributed by atoms with van der Waals surface area (Å²) in [6, 6.07) is 17.1. The molecule has 0 aliphatic carbocycles. The first-order valence-electron chi connectivity index (χ1n) is 11.0. The van der Waals surface area contributed by atoms with Gasteiger partial charge in [-0.15, -0.1) is 0 Å². The van der Waals surface area contributed by atoms with E-state index in [1.165, 1.54) is 11.1 Å². The molecule has 2 N–H and O–H groups in total. The molecule has 1 aromatic heterocycles. The van der Waals surface area contributed by atoms with E-state index in [-0.39, 0.29) is 6.61 Å². The Balaban J connectivity index is 1.43. The number of H-pyrrole nitrogens is 1. The van der Waals surface area contributed by atoms with Gasteiger partial charge in [0, 0.05) is 50.9 Å². The molecule has 2 aromatic carbocycles. The van der Waals surface area contributed by atoms with Gasteiger partial charge in [0.1, 0.15) is 5.75 Å². The van der Waals surface area contributed by atoms with Gasteiger partial charge in [0.2, 0.25) is 0 Å². The summed E-state index contributed by atoms with van der Waals surface area (Å²) >= 11 is 0. The van der Waals surface area contributed by atoms with Gasteiger partial charge in [0.05, 0.1) is 19.0 Å². The highest BCUT2D eigenvalue weighted by Crippen LogP contribution is 2.25. The number of methoxy groups -OCH3 is 1. The van der Waals surface area contributed by atoms with E-state index in [0.717, 1.165) is 61.7 Å². The number of hydrogen-bond donors (Lipinski definition) is 2. The van der Waals surface area contributed by atoms with Gasteiger partial charge in [0.25, 0.3) is 0 Å². The third-order valence-corrected chi connectivity index (χ3v) is 6.17. The van der Waals surface area contributed by atoms with Crippen LogP contribution in [0.4, 0.5) is 0 Å². The number of hydrogen-bond acceptors (Lipinski definition) is 5. The zero-order valence-corrected chi connectivity index (χ0v) is 18.4. The second-order valence-corrected chi connectivity index (χ2v) is 8.31. The topological polar surface area (TPSA) is 64.6 Å². The van der Waals surface area contributed by atoms with Crippen molar-refractivity contribution in [2.75, 3.05) is 33.4 Å². The van der Waals surface area contributed by atoms with Crippen molar-refractivity contribution in [3.8, 4) is 17.0 Å². The molecular weight excluding hydrogens is 388 g/mol. The van der Waals surface area contributed by atoms with Gasteiger partial charge >= 0.3 is 0 Å². The third kappa shape index (κ3) is 5.15. The Bertz CT molecular complexity index is 973. The van der Waals surface area contributed by atoms with Crippen molar-refractivity contribution in [2.45, 2.75) is 32.5 Å². The van der Waals surface area contributed by atoms with E-state index in [1.54, 1.807) is 7.11 Å². The fourth-order valence-electron chi connectivity index (χ4n) is 4.53. The highest BCUT2D eigenvalue weighted by molar-refractivity contribution is 5.62. The fourth-order valence-corrected chi connectivity index (χ4v) is 4.53. The van der Waals surface area contributed by atoms with Crippen LogP contribution in [-0.2, 0) is 13.1 Å². The van der Waals surface area contributed by atoms with E-state index in [4.69, 9.17) is 4.74 Å². The first-order valence-corrected chi connectivity index (χ1v) is 11.0. The number of aromatic amines is 1. The van der Waals surface area contributed by atoms with Crippen LogP contribution in [0.15, 0.2) is 54.7 Å². The largest absolute Gasteiger partial charge is 0.496 e. The summed E-state index contributed by atoms with van der Waals surface area (Å²) in [5, 5.41) is 17.1. The average molecular weight is 421 g/mol. The minimum atomic E-state index is 0.206. The van der Waals surface area contributed by atoms with Crippen molar-refractivity contribution in [3.63, 3.8) is 0 Å². The van der Waals surface area contributed by atoms with Crippen LogP contribution in [0, 0.1) is 6.92 Å². The normalized spacial score (nSPS) is 17.7. The molecule has 0 radical (unpaired) electrons. The summed E-state index contributed by atoms with van der Waals surface area (Å²) < 4.78 is 5.39. The summed E-state index contributed by atoms with van der Waals surface area (Å²) in [5.41, 5.74) is 5.92. The Labute approximate surface area is 184 Å². The summed E-state index contributed by atoms with van der Waals surface area (Å²) in [7, 11) is 1.71. The smallest absolute Gasteiger partial charge is 0.121 e. The van der Waals surface area contributed by atoms with Gasteiger partial charge in [-0.1, -0.05) is 42.5 Å². The molecule has 6 heteroatoms. The number of aliphatic hydroxyl groups excluding tert-OH is 1. The zero-order chi connectivity index (χ0) is 21.6. The lowest BCUT2D eigenvalue weighted by Crippen LogP contribution is -2.52. The highest BCUT2D eigenvalue weighted by Gasteiger charge is 2.27. The van der Waals surface area contributed by atoms with E-state index in [2.05, 4.69) is 63.3 Å². The molecule has 1 atom stereocenters. The second-order valence-electron chi connectivity index (χ2n) is 8.31. The number of rotatable bonds is 8. The number of ether oxygens (including phenoxy) is 1. The molecule has 0 spiro atoms. The number of piperazine rings is 1. The van der Waals surface area contributed by atoms with E-state index >= 15 is 0 Å². The predicted octanol–water partition coefficient (Wildman–Crippen LogP) is 3.46. The van der Waals surface area contributed by atoms with Crippen LogP contribution in [0.3, 0.4) is 0 Å². The van der Waals surface area contributed by atoms with Crippen LogP contribution in [0.2, 0.25) is 0 Å². The Kier molecular flexibility index (Phi) is 7.02. The number of nitrogens with one attached hydrogen (secondary N) is 1. The van der Waals surface area contributed by atoms with Crippen molar-refractivity contribution in [1.29, 1.82) is 0 Å². The lowest BCUT2D eigenvalue weighted by molar-refractivity contribution is 0.0500. The van der Waals surface area contributed by atoms with Crippen LogP contribution in [0.25, 0.3) is 11.3 Å². The van der Waals surface area contributed by atoms with E-state index in [9.17, 15) is 5.11 Å². The molecule has 1 aliphatic rings. The Morgan fingerprint density at radius 1 is 1.13 bits per heavy atom. The molecule has 0 saturated carbocycles. The van der Waals surface area contributed by atoms with Crippen LogP contribution < -0.4 is 4.74 Å². The average Bonchev–Trinajstić information content (AvgIpc) is 3.24. The molecule has 4 rings (SSSR count). The SMILES string of the molecule is COc1ccc(CN2CCN(Cc3cn[nH]c3-c3ccccc3)C[C@@H]2CCO)cc1C. The fraction of sp³-hybridized carbons (Fsp3) is 0.400. The molecule has 0 bridgehead atoms. The maximum Gasteiger partial charge on any atom is 0.121 e. The summed E-state index contributed by atoms with van der Waals surface area (Å²) in [6.45, 7) is 6.96. The number of nitrogens with zero attached hydrogens (tertiary/aromatic N) is 3. The first-order chi connectivity index (χ1) is 15.2. The molecule has 1 aliphatic heterocycles. The van der Waals surface area contributed by atoms with E-state index in [0.29, 0.717) is 6.04 Å². The summed E-state index contributed by atoms with van der Waals surface area (Å²) in [6.07, 6.45) is 2.72. The molecule has 2 heterocycles. The number of aliphatic hydroxyl groups is 1. The van der Waals surface area contributed by atoms with Gasteiger partial charge in [0.15, 0.2) is 0 Å². The van der Waals surface area contributed by atoms with Crippen LogP contribution >= 0.6 is 0 Å². The zero-order valence-electron chi connectivity index (χ0n) is 18.4. The van der Waals surface area contributed by atoms with Gasteiger partial charge < -0.3 is 9.84 Å². The number of benzene rings is 2. The molecule has 6 nitrogen and oxygen atoms in total. The van der Waals surface area contributed by atoms with Crippen molar-refractivity contribution in [1.82, 2.24) is 20.0 Å². The number of aromatic nitrogens is 2. The van der Waals surface area contributed by atoms with Crippen molar-refractivity contribution < 1.29 is 9.84 Å². The van der Waals surface area contributed by atoms with Gasteiger partial charge in [-0.05, 0) is 36.1 Å². The van der Waals surface area contributed by atoms with Gasteiger partial charge in [-0.25, -0.2) is 0 Å². The van der Waals surface area contributed by atoms with Crippen LogP contribution in [-0.4, -0.2) is 64.5 Å². The molecule has 0 unspecified atom stereocenters. The Morgan fingerprint density at radius 3 is 2.71 bits per heavy atom. The minimum Gasteiger partial charge on any atom is -0.496 e. The molecule has 1 fully saturated rings. The molecule has 164 valence electrons. The molecule has 3 aromatic rings. The van der Waals surface area contributed by atoms with Crippen molar-refractivity contribution in [3.05, 3.63) is 71.4 Å². The van der Waals surface area contributed by atoms with E-state index in [1.807, 2.05) is 18.3 Å². The standard InChI is InChI=1S/C25H32N4O2/c1-19-14-20(8-9-24(19)31-2)16-29-12-11-28(18-23(29)10-13-30)17-22-15-26-27-25(22)21-6-4-3-5-7-21/h3-9,14-15,23,30H,10-13,16-18H2,1-2H3,(H,26,27)/t23-/m0/s1. The Hall–Kier alpha value is -2.67. The number of aryl methyl sites for hydroxylation is 1. The maximum absolute atomic E-state index is 9.67. The Morgan fingerprint density at radius 2 is 1.97 bits per heavy atom. The lowest BCUT2D eigenvalue weighted by Gasteiger charge is -2.41.